The molecule has 2 aromatic carbocycles. The van der Waals surface area contributed by atoms with Crippen LogP contribution in [-0.2, 0) is 13.0 Å². The van der Waals surface area contributed by atoms with Crippen molar-refractivity contribution in [3.63, 3.8) is 0 Å². The normalized spacial score (nSPS) is 12.2. The van der Waals surface area contributed by atoms with Gasteiger partial charge in [-0.1, -0.05) is 61.9 Å². The van der Waals surface area contributed by atoms with E-state index < -0.39 is 0 Å². The van der Waals surface area contributed by atoms with Crippen molar-refractivity contribution >= 4 is 33.8 Å². The van der Waals surface area contributed by atoms with Gasteiger partial charge in [-0.05, 0) is 37.8 Å². The van der Waals surface area contributed by atoms with E-state index in [1.165, 1.54) is 0 Å². The minimum absolute atomic E-state index is 0.0352. The summed E-state index contributed by atoms with van der Waals surface area (Å²) >= 11 is 0. The van der Waals surface area contributed by atoms with Gasteiger partial charge in [0.2, 0.25) is 0 Å². The molecule has 0 aliphatic rings. The van der Waals surface area contributed by atoms with E-state index in [0.717, 1.165) is 72.0 Å². The first-order chi connectivity index (χ1) is 16.6. The Labute approximate surface area is 200 Å². The van der Waals surface area contributed by atoms with E-state index in [4.69, 9.17) is 10.7 Å². The molecule has 0 spiro atoms. The zero-order chi connectivity index (χ0) is 23.9. The molecule has 7 heteroatoms. The van der Waals surface area contributed by atoms with Crippen LogP contribution in [0.25, 0.3) is 21.9 Å². The average molecular weight is 459 g/mol. The third kappa shape index (κ3) is 5.30. The lowest BCUT2D eigenvalue weighted by Gasteiger charge is -2.15. The second-order valence-electron chi connectivity index (χ2n) is 8.73. The van der Waals surface area contributed by atoms with E-state index in [-0.39, 0.29) is 12.1 Å². The molecule has 2 aromatic heterocycles. The summed E-state index contributed by atoms with van der Waals surface area (Å²) in [5, 5.41) is 7.06. The molecule has 178 valence electrons. The highest BCUT2D eigenvalue weighted by Gasteiger charge is 2.17. The molecule has 0 saturated carbocycles. The van der Waals surface area contributed by atoms with Crippen LogP contribution in [-0.4, -0.2) is 27.1 Å². The molecule has 2 amide bonds. The lowest BCUT2D eigenvalue weighted by molar-refractivity contribution is 0.237. The van der Waals surface area contributed by atoms with Gasteiger partial charge in [-0.15, -0.1) is 0 Å². The zero-order valence-corrected chi connectivity index (χ0v) is 20.1. The number of imidazole rings is 1. The van der Waals surface area contributed by atoms with Crippen molar-refractivity contribution in [3.8, 4) is 0 Å². The van der Waals surface area contributed by atoms with E-state index >= 15 is 0 Å². The number of nitrogens with zero attached hydrogens (tertiary/aromatic N) is 3. The van der Waals surface area contributed by atoms with Gasteiger partial charge in [0.15, 0.2) is 5.82 Å². The molecule has 0 aliphatic heterocycles. The molecular formula is C27H34N6O. The molecule has 1 atom stereocenters. The fourth-order valence-corrected chi connectivity index (χ4v) is 4.34. The number of aryl methyl sites for hydroxylation is 2. The first kappa shape index (κ1) is 23.5. The highest BCUT2D eigenvalue weighted by Crippen LogP contribution is 2.29. The molecule has 0 radical (unpaired) electrons. The fourth-order valence-electron chi connectivity index (χ4n) is 4.34. The second kappa shape index (κ2) is 11.0. The number of nitrogen functional groups attached to an aromatic ring is 1. The summed E-state index contributed by atoms with van der Waals surface area (Å²) in [6.45, 7) is 5.62. The molecule has 4 aromatic rings. The van der Waals surface area contributed by atoms with Gasteiger partial charge in [0.05, 0.1) is 17.1 Å². The maximum Gasteiger partial charge on any atom is 0.315 e. The Morgan fingerprint density at radius 3 is 2.59 bits per heavy atom. The molecule has 0 unspecified atom stereocenters. The summed E-state index contributed by atoms with van der Waals surface area (Å²) in [7, 11) is 0. The van der Waals surface area contributed by atoms with Crippen LogP contribution in [0.3, 0.4) is 0 Å². The van der Waals surface area contributed by atoms with E-state index in [1.54, 1.807) is 0 Å². The first-order valence-electron chi connectivity index (χ1n) is 12.2. The average Bonchev–Trinajstić information content (AvgIpc) is 3.22. The van der Waals surface area contributed by atoms with Gasteiger partial charge in [-0.25, -0.2) is 14.8 Å². The topological polar surface area (TPSA) is 97.9 Å². The molecule has 4 rings (SSSR count). The molecule has 34 heavy (non-hydrogen) atoms. The number of fused-ring (bicyclic) bond motifs is 3. The Bertz CT molecular complexity index is 1250. The largest absolute Gasteiger partial charge is 0.382 e. The number of carbonyl (C=O) groups excluding carboxylic acids is 1. The van der Waals surface area contributed by atoms with Crippen molar-refractivity contribution in [3.05, 3.63) is 66.0 Å². The van der Waals surface area contributed by atoms with Gasteiger partial charge in [0.1, 0.15) is 11.3 Å². The van der Waals surface area contributed by atoms with Crippen molar-refractivity contribution in [2.75, 3.05) is 12.3 Å². The number of unbranched alkanes of at least 4 members (excludes halogenated alkanes) is 2. The molecule has 4 N–H and O–H groups in total. The molecule has 7 nitrogen and oxygen atoms in total. The molecule has 0 aliphatic carbocycles. The molecule has 0 bridgehead atoms. The minimum Gasteiger partial charge on any atom is -0.382 e. The summed E-state index contributed by atoms with van der Waals surface area (Å²) in [6, 6.07) is 17.9. The number of benzene rings is 2. The standard InChI is InChI=1S/C27H34N6O/c1-3-4-16-23-32-24-25(21-14-8-9-15-22(21)31-26(24)28)33(23)18-11-10-17-29-27(34)30-19(2)20-12-6-5-7-13-20/h5-9,12-15,19H,3-4,10-11,16-18H2,1-2H3,(H2,28,31)(H2,29,30,34)/t19-/m1/s1. The van der Waals surface area contributed by atoms with Gasteiger partial charge < -0.3 is 20.9 Å². The number of hydrogen-bond acceptors (Lipinski definition) is 4. The summed E-state index contributed by atoms with van der Waals surface area (Å²) in [5.74, 6) is 1.54. The molecular weight excluding hydrogens is 424 g/mol. The Morgan fingerprint density at radius 2 is 1.79 bits per heavy atom. The highest BCUT2D eigenvalue weighted by atomic mass is 16.2. The van der Waals surface area contributed by atoms with Crippen LogP contribution < -0.4 is 16.4 Å². The lowest BCUT2D eigenvalue weighted by atomic mass is 10.1. The number of nitrogens with two attached hydrogens (primary N) is 1. The van der Waals surface area contributed by atoms with Crippen molar-refractivity contribution in [1.82, 2.24) is 25.2 Å². The lowest BCUT2D eigenvalue weighted by Crippen LogP contribution is -2.37. The Hall–Kier alpha value is -3.61. The third-order valence-electron chi connectivity index (χ3n) is 6.18. The molecule has 2 heterocycles. The van der Waals surface area contributed by atoms with Crippen molar-refractivity contribution in [2.45, 2.75) is 58.5 Å². The van der Waals surface area contributed by atoms with Crippen LogP contribution in [0.4, 0.5) is 10.6 Å². The number of pyridine rings is 1. The fraction of sp³-hybridized carbons (Fsp3) is 0.370. The Morgan fingerprint density at radius 1 is 1.03 bits per heavy atom. The smallest absolute Gasteiger partial charge is 0.315 e. The highest BCUT2D eigenvalue weighted by molar-refractivity contribution is 6.06. The Balaban J connectivity index is 1.40. The first-order valence-corrected chi connectivity index (χ1v) is 12.2. The summed E-state index contributed by atoms with van der Waals surface area (Å²) < 4.78 is 2.31. The number of amides is 2. The number of para-hydroxylation sites is 1. The Kier molecular flexibility index (Phi) is 7.62. The number of urea groups is 1. The summed E-state index contributed by atoms with van der Waals surface area (Å²) in [6.07, 6.45) is 4.90. The van der Waals surface area contributed by atoms with Gasteiger partial charge in [-0.3, -0.25) is 0 Å². The van der Waals surface area contributed by atoms with Gasteiger partial charge in [0.25, 0.3) is 0 Å². The number of hydrogen-bond donors (Lipinski definition) is 3. The van der Waals surface area contributed by atoms with Gasteiger partial charge in [0, 0.05) is 24.9 Å². The number of aromatic nitrogens is 3. The van der Waals surface area contributed by atoms with E-state index in [2.05, 4.69) is 33.2 Å². The zero-order valence-electron chi connectivity index (χ0n) is 20.1. The van der Waals surface area contributed by atoms with Gasteiger partial charge >= 0.3 is 6.03 Å². The van der Waals surface area contributed by atoms with E-state index in [9.17, 15) is 4.79 Å². The molecule has 0 fully saturated rings. The van der Waals surface area contributed by atoms with Gasteiger partial charge in [-0.2, -0.15) is 0 Å². The monoisotopic (exact) mass is 458 g/mol. The minimum atomic E-state index is -0.141. The van der Waals surface area contributed by atoms with Crippen LogP contribution >= 0.6 is 0 Å². The van der Waals surface area contributed by atoms with Crippen LogP contribution in [0.5, 0.6) is 0 Å². The van der Waals surface area contributed by atoms with E-state index in [1.807, 2.05) is 55.5 Å². The maximum absolute atomic E-state index is 12.3. The predicted molar refractivity (Wildman–Crippen MR) is 139 cm³/mol. The van der Waals surface area contributed by atoms with Crippen molar-refractivity contribution in [1.29, 1.82) is 0 Å². The van der Waals surface area contributed by atoms with Crippen LogP contribution in [0.2, 0.25) is 0 Å². The quantitative estimate of drug-likeness (QED) is 0.279. The predicted octanol–water partition coefficient (Wildman–Crippen LogP) is 5.35. The summed E-state index contributed by atoms with van der Waals surface area (Å²) in [5.41, 5.74) is 10.1. The second-order valence-corrected chi connectivity index (χ2v) is 8.73. The number of carbonyl (C=O) groups is 1. The van der Waals surface area contributed by atoms with Crippen LogP contribution in [0, 0.1) is 0 Å². The maximum atomic E-state index is 12.3. The van der Waals surface area contributed by atoms with Crippen molar-refractivity contribution in [2.24, 2.45) is 0 Å². The third-order valence-corrected chi connectivity index (χ3v) is 6.18. The molecule has 0 saturated heterocycles. The number of anilines is 1. The number of nitrogens with one attached hydrogen (secondary N) is 2. The number of rotatable bonds is 10. The SMILES string of the molecule is CCCCc1nc2c(N)nc3ccccc3c2n1CCCCNC(=O)N[C@H](C)c1ccccc1. The summed E-state index contributed by atoms with van der Waals surface area (Å²) in [4.78, 5) is 21.7. The van der Waals surface area contributed by atoms with Crippen LogP contribution in [0.1, 0.15) is 57.0 Å². The van der Waals surface area contributed by atoms with Crippen LogP contribution in [0.15, 0.2) is 54.6 Å². The van der Waals surface area contributed by atoms with E-state index in [0.29, 0.717) is 12.4 Å². The van der Waals surface area contributed by atoms with Crippen molar-refractivity contribution < 1.29 is 4.79 Å².